The molecule has 0 radical (unpaired) electrons. The number of benzene rings is 2. The number of aromatic nitrogens is 1. The third kappa shape index (κ3) is 2.92. The third-order valence-electron chi connectivity index (χ3n) is 3.66. The molecule has 3 aromatic rings. The van der Waals surface area contributed by atoms with Gasteiger partial charge in [-0.3, -0.25) is 9.69 Å². The van der Waals surface area contributed by atoms with Gasteiger partial charge in [0.15, 0.2) is 0 Å². The molecule has 0 aliphatic carbocycles. The van der Waals surface area contributed by atoms with E-state index in [4.69, 9.17) is 0 Å². The van der Waals surface area contributed by atoms with Crippen LogP contribution >= 0.6 is 23.5 Å². The predicted molar refractivity (Wildman–Crippen MR) is 99.1 cm³/mol. The van der Waals surface area contributed by atoms with Crippen molar-refractivity contribution >= 4 is 40.8 Å². The lowest BCUT2D eigenvalue weighted by Crippen LogP contribution is -2.29. The van der Waals surface area contributed by atoms with Gasteiger partial charge in [0.1, 0.15) is 0 Å². The van der Waals surface area contributed by atoms with Crippen LogP contribution in [0.15, 0.2) is 87.7 Å². The molecule has 0 spiro atoms. The molecule has 2 heterocycles. The zero-order chi connectivity index (χ0) is 16.4. The Morgan fingerprint density at radius 1 is 0.917 bits per heavy atom. The van der Waals surface area contributed by atoms with Gasteiger partial charge in [0.05, 0.1) is 22.2 Å². The zero-order valence-electron chi connectivity index (χ0n) is 12.8. The lowest BCUT2D eigenvalue weighted by atomic mass is 10.2. The Morgan fingerprint density at radius 2 is 1.54 bits per heavy atom. The first-order chi connectivity index (χ1) is 11.8. The molecule has 0 saturated carbocycles. The largest absolute Gasteiger partial charge is 0.278 e. The van der Waals surface area contributed by atoms with Gasteiger partial charge in [-0.15, -0.1) is 0 Å². The fraction of sp³-hybridized carbons (Fsp3) is 0.0526. The van der Waals surface area contributed by atoms with E-state index in [1.54, 1.807) is 18.0 Å². The lowest BCUT2D eigenvalue weighted by molar-refractivity contribution is -0.115. The summed E-state index contributed by atoms with van der Waals surface area (Å²) < 4.78 is 0. The van der Waals surface area contributed by atoms with Gasteiger partial charge in [-0.05, 0) is 36.4 Å². The van der Waals surface area contributed by atoms with E-state index in [-0.39, 0.29) is 5.91 Å². The summed E-state index contributed by atoms with van der Waals surface area (Å²) in [5.74, 6) is 0.413. The molecular weight excluding hydrogens is 336 g/mol. The van der Waals surface area contributed by atoms with E-state index in [9.17, 15) is 4.79 Å². The van der Waals surface area contributed by atoms with Gasteiger partial charge < -0.3 is 0 Å². The van der Waals surface area contributed by atoms with Gasteiger partial charge >= 0.3 is 0 Å². The van der Waals surface area contributed by atoms with Crippen LogP contribution in [0.25, 0.3) is 0 Å². The molecule has 0 unspecified atom stereocenters. The number of hydrogen-bond donors (Lipinski definition) is 0. The Bertz CT molecular complexity index is 838. The Balaban J connectivity index is 1.65. The van der Waals surface area contributed by atoms with Crippen molar-refractivity contribution in [2.75, 3.05) is 10.7 Å². The van der Waals surface area contributed by atoms with Crippen LogP contribution in [0, 0.1) is 0 Å². The normalized spacial score (nSPS) is 12.4. The van der Waals surface area contributed by atoms with Crippen LogP contribution in [-0.4, -0.2) is 16.6 Å². The number of carbonyl (C=O) groups excluding carboxylic acids is 1. The predicted octanol–water partition coefficient (Wildman–Crippen LogP) is 5.00. The van der Waals surface area contributed by atoms with Crippen LogP contribution in [0.3, 0.4) is 0 Å². The van der Waals surface area contributed by atoms with Crippen LogP contribution in [0.4, 0.5) is 11.4 Å². The Morgan fingerprint density at radius 3 is 2.17 bits per heavy atom. The first-order valence-electron chi connectivity index (χ1n) is 7.55. The van der Waals surface area contributed by atoms with Crippen molar-refractivity contribution in [3.63, 3.8) is 0 Å². The number of carbonyl (C=O) groups is 1. The van der Waals surface area contributed by atoms with Crippen LogP contribution in [-0.2, 0) is 4.79 Å². The molecule has 0 N–H and O–H groups in total. The number of thioether (sulfide) groups is 1. The Hall–Kier alpha value is -2.24. The van der Waals surface area contributed by atoms with Crippen LogP contribution in [0.2, 0.25) is 0 Å². The van der Waals surface area contributed by atoms with Crippen molar-refractivity contribution in [2.45, 2.75) is 14.8 Å². The standard InChI is InChI=1S/C19H14N2OS2/c22-19(13-23-18-11-5-6-12-20-18)21-14-7-1-3-9-16(14)24-17-10-4-2-8-15(17)21/h1-12H,13H2. The smallest absolute Gasteiger partial charge is 0.242 e. The minimum Gasteiger partial charge on any atom is -0.278 e. The molecule has 0 fully saturated rings. The molecule has 2 aromatic carbocycles. The SMILES string of the molecule is O=C(CSc1ccccn1)N1c2ccccc2Sc2ccccc21. The summed E-state index contributed by atoms with van der Waals surface area (Å²) in [5.41, 5.74) is 1.90. The number of fused-ring (bicyclic) bond motifs is 2. The van der Waals surface area contributed by atoms with E-state index in [0.717, 1.165) is 26.2 Å². The molecule has 1 aromatic heterocycles. The first-order valence-corrected chi connectivity index (χ1v) is 9.36. The first kappa shape index (κ1) is 15.3. The average molecular weight is 350 g/mol. The fourth-order valence-electron chi connectivity index (χ4n) is 2.61. The van der Waals surface area contributed by atoms with Crippen molar-refractivity contribution in [1.82, 2.24) is 4.98 Å². The summed E-state index contributed by atoms with van der Waals surface area (Å²) in [6.07, 6.45) is 1.74. The van der Waals surface area contributed by atoms with E-state index >= 15 is 0 Å². The molecular formula is C19H14N2OS2. The molecule has 1 aliphatic heterocycles. The maximum atomic E-state index is 13.0. The number of nitrogens with zero attached hydrogens (tertiary/aromatic N) is 2. The van der Waals surface area contributed by atoms with E-state index < -0.39 is 0 Å². The van der Waals surface area contributed by atoms with Crippen LogP contribution < -0.4 is 4.90 Å². The molecule has 0 atom stereocenters. The van der Waals surface area contributed by atoms with Crippen LogP contribution in [0.1, 0.15) is 0 Å². The number of rotatable bonds is 3. The van der Waals surface area contributed by atoms with Crippen molar-refractivity contribution in [3.8, 4) is 0 Å². The highest BCUT2D eigenvalue weighted by molar-refractivity contribution is 8.00. The van der Waals surface area contributed by atoms with Gasteiger partial charge in [-0.2, -0.15) is 0 Å². The summed E-state index contributed by atoms with van der Waals surface area (Å²) in [4.78, 5) is 21.3. The topological polar surface area (TPSA) is 33.2 Å². The maximum Gasteiger partial charge on any atom is 0.242 e. The lowest BCUT2D eigenvalue weighted by Gasteiger charge is -2.30. The summed E-state index contributed by atoms with van der Waals surface area (Å²) in [6, 6.07) is 21.8. The Kier molecular flexibility index (Phi) is 4.28. The van der Waals surface area contributed by atoms with Gasteiger partial charge in [0.2, 0.25) is 5.91 Å². The number of hydrogen-bond acceptors (Lipinski definition) is 4. The Labute approximate surface area is 149 Å². The van der Waals surface area contributed by atoms with Gasteiger partial charge in [0.25, 0.3) is 0 Å². The summed E-state index contributed by atoms with van der Waals surface area (Å²) in [5, 5.41) is 0.860. The third-order valence-corrected chi connectivity index (χ3v) is 5.72. The van der Waals surface area contributed by atoms with E-state index in [1.807, 2.05) is 59.5 Å². The fourth-order valence-corrected chi connectivity index (χ4v) is 4.37. The minimum absolute atomic E-state index is 0.0610. The maximum absolute atomic E-state index is 13.0. The molecule has 4 rings (SSSR count). The second kappa shape index (κ2) is 6.71. The molecule has 24 heavy (non-hydrogen) atoms. The van der Waals surface area contributed by atoms with Crippen molar-refractivity contribution in [2.24, 2.45) is 0 Å². The average Bonchev–Trinajstić information content (AvgIpc) is 2.65. The van der Waals surface area contributed by atoms with Gasteiger partial charge in [-0.25, -0.2) is 4.98 Å². The molecule has 1 aliphatic rings. The molecule has 5 heteroatoms. The highest BCUT2D eigenvalue weighted by atomic mass is 32.2. The summed E-state index contributed by atoms with van der Waals surface area (Å²) in [6.45, 7) is 0. The highest BCUT2D eigenvalue weighted by Gasteiger charge is 2.27. The van der Waals surface area contributed by atoms with Gasteiger partial charge in [0, 0.05) is 16.0 Å². The van der Waals surface area contributed by atoms with Crippen molar-refractivity contribution in [1.29, 1.82) is 0 Å². The number of para-hydroxylation sites is 2. The van der Waals surface area contributed by atoms with E-state index in [0.29, 0.717) is 5.75 Å². The van der Waals surface area contributed by atoms with E-state index in [2.05, 4.69) is 17.1 Å². The quantitative estimate of drug-likeness (QED) is 0.622. The number of amides is 1. The molecule has 0 saturated heterocycles. The summed E-state index contributed by atoms with van der Waals surface area (Å²) >= 11 is 3.17. The summed E-state index contributed by atoms with van der Waals surface area (Å²) in [7, 11) is 0. The minimum atomic E-state index is 0.0610. The monoisotopic (exact) mass is 350 g/mol. The van der Waals surface area contributed by atoms with Gasteiger partial charge in [-0.1, -0.05) is 53.9 Å². The van der Waals surface area contributed by atoms with Crippen molar-refractivity contribution < 1.29 is 4.79 Å². The van der Waals surface area contributed by atoms with Crippen molar-refractivity contribution in [3.05, 3.63) is 72.9 Å². The molecule has 0 bridgehead atoms. The number of anilines is 2. The highest BCUT2D eigenvalue weighted by Crippen LogP contribution is 2.48. The second-order valence-electron chi connectivity index (χ2n) is 5.22. The number of pyridine rings is 1. The molecule has 3 nitrogen and oxygen atoms in total. The van der Waals surface area contributed by atoms with E-state index in [1.165, 1.54) is 11.8 Å². The zero-order valence-corrected chi connectivity index (χ0v) is 14.4. The second-order valence-corrected chi connectivity index (χ2v) is 7.30. The molecule has 1 amide bonds. The molecule has 118 valence electrons. The van der Waals surface area contributed by atoms with Crippen LogP contribution in [0.5, 0.6) is 0 Å².